The largest absolute Gasteiger partial charge is 0.462 e. The summed E-state index contributed by atoms with van der Waals surface area (Å²) in [6, 6.07) is 30.5. The molecule has 0 N–H and O–H groups in total. The molecule has 35 heavy (non-hydrogen) atoms. The SMILES string of the molecule is CCOC(=O)C(C(=O)c1c(F)cccc1F)=P(c1ccccc1)(c1ccccc1)c1ccccc1. The minimum Gasteiger partial charge on any atom is -0.462 e. The van der Waals surface area contributed by atoms with Crippen LogP contribution in [0.25, 0.3) is 0 Å². The molecule has 176 valence electrons. The average molecular weight is 488 g/mol. The van der Waals surface area contributed by atoms with E-state index in [1.165, 1.54) is 6.07 Å². The topological polar surface area (TPSA) is 43.4 Å². The molecule has 4 aromatic carbocycles. The quantitative estimate of drug-likeness (QED) is 0.161. The Bertz CT molecular complexity index is 1280. The highest BCUT2D eigenvalue weighted by Crippen LogP contribution is 2.47. The molecule has 0 aliphatic rings. The molecule has 4 aromatic rings. The van der Waals surface area contributed by atoms with Crippen LogP contribution < -0.4 is 15.9 Å². The Morgan fingerprint density at radius 2 is 1.06 bits per heavy atom. The van der Waals surface area contributed by atoms with Crippen LogP contribution in [0.3, 0.4) is 0 Å². The summed E-state index contributed by atoms with van der Waals surface area (Å²) >= 11 is 0. The zero-order chi connectivity index (χ0) is 24.8. The lowest BCUT2D eigenvalue weighted by atomic mass is 10.1. The van der Waals surface area contributed by atoms with E-state index in [1.54, 1.807) is 6.92 Å². The molecule has 0 atom stereocenters. The summed E-state index contributed by atoms with van der Waals surface area (Å²) in [5, 5.41) is 1.77. The molecule has 0 fully saturated rings. The number of carbonyl (C=O) groups excluding carboxylic acids is 2. The van der Waals surface area contributed by atoms with Gasteiger partial charge in [0.25, 0.3) is 0 Å². The maximum absolute atomic E-state index is 14.9. The van der Waals surface area contributed by atoms with Crippen molar-refractivity contribution in [1.29, 1.82) is 0 Å². The van der Waals surface area contributed by atoms with Gasteiger partial charge in [-0.15, -0.1) is 0 Å². The fourth-order valence-corrected chi connectivity index (χ4v) is 8.49. The molecular weight excluding hydrogens is 465 g/mol. The van der Waals surface area contributed by atoms with Gasteiger partial charge in [-0.05, 0) is 41.9 Å². The maximum Gasteiger partial charge on any atom is 0.343 e. The molecule has 0 radical (unpaired) electrons. The third-order valence-electron chi connectivity index (χ3n) is 5.64. The molecule has 0 heterocycles. The van der Waals surface area contributed by atoms with Crippen LogP contribution in [0.4, 0.5) is 8.78 Å². The number of ether oxygens (including phenoxy) is 1. The van der Waals surface area contributed by atoms with Gasteiger partial charge in [-0.2, -0.15) is 0 Å². The number of esters is 1. The van der Waals surface area contributed by atoms with Crippen molar-refractivity contribution in [1.82, 2.24) is 0 Å². The number of ketones is 1. The zero-order valence-electron chi connectivity index (χ0n) is 19.0. The maximum atomic E-state index is 14.9. The second kappa shape index (κ2) is 10.6. The zero-order valence-corrected chi connectivity index (χ0v) is 19.9. The van der Waals surface area contributed by atoms with Crippen molar-refractivity contribution < 1.29 is 23.1 Å². The van der Waals surface area contributed by atoms with Crippen LogP contribution in [0.1, 0.15) is 17.3 Å². The van der Waals surface area contributed by atoms with Crippen molar-refractivity contribution >= 4 is 39.8 Å². The summed E-state index contributed by atoms with van der Waals surface area (Å²) in [4.78, 5) is 27.7. The highest BCUT2D eigenvalue weighted by molar-refractivity contribution is 7.97. The van der Waals surface area contributed by atoms with Gasteiger partial charge >= 0.3 is 5.97 Å². The highest BCUT2D eigenvalue weighted by Gasteiger charge is 2.39. The molecule has 6 heteroatoms. The van der Waals surface area contributed by atoms with Gasteiger partial charge in [0.2, 0.25) is 5.78 Å². The summed E-state index contributed by atoms with van der Waals surface area (Å²) in [6.07, 6.45) is 0. The van der Waals surface area contributed by atoms with Gasteiger partial charge in [-0.3, -0.25) is 4.79 Å². The number of hydrogen-bond acceptors (Lipinski definition) is 3. The van der Waals surface area contributed by atoms with Gasteiger partial charge in [0.15, 0.2) is 0 Å². The Kier molecular flexibility index (Phi) is 7.38. The molecule has 0 saturated heterocycles. The van der Waals surface area contributed by atoms with E-state index in [0.717, 1.165) is 12.1 Å². The summed E-state index contributed by atoms with van der Waals surface area (Å²) in [7, 11) is 0. The first-order chi connectivity index (χ1) is 17.0. The number of benzene rings is 4. The van der Waals surface area contributed by atoms with Crippen LogP contribution in [0.2, 0.25) is 0 Å². The summed E-state index contributed by atoms with van der Waals surface area (Å²) in [5.74, 6) is -4.00. The highest BCUT2D eigenvalue weighted by atomic mass is 31.2. The molecule has 4 rings (SSSR count). The van der Waals surface area contributed by atoms with Gasteiger partial charge in [0.05, 0.1) is 12.2 Å². The molecule has 0 amide bonds. The Hall–Kier alpha value is -3.82. The predicted molar refractivity (Wildman–Crippen MR) is 137 cm³/mol. The van der Waals surface area contributed by atoms with Crippen molar-refractivity contribution in [3.63, 3.8) is 0 Å². The van der Waals surface area contributed by atoms with Crippen molar-refractivity contribution in [2.75, 3.05) is 6.61 Å². The lowest BCUT2D eigenvalue weighted by Gasteiger charge is -2.31. The first-order valence-electron chi connectivity index (χ1n) is 11.1. The van der Waals surface area contributed by atoms with Crippen LogP contribution >= 0.6 is 6.89 Å². The van der Waals surface area contributed by atoms with E-state index >= 15 is 0 Å². The number of Topliss-reactive ketones (excluding diaryl/α,β-unsaturated/α-hetero) is 1. The Morgan fingerprint density at radius 3 is 1.43 bits per heavy atom. The predicted octanol–water partition coefficient (Wildman–Crippen LogP) is 4.88. The number of halogens is 2. The summed E-state index contributed by atoms with van der Waals surface area (Å²) in [5.41, 5.74) is -0.775. The van der Waals surface area contributed by atoms with Gasteiger partial charge in [0.1, 0.15) is 16.9 Å². The van der Waals surface area contributed by atoms with E-state index in [9.17, 15) is 18.4 Å². The average Bonchev–Trinajstić information content (AvgIpc) is 2.88. The molecule has 0 unspecified atom stereocenters. The normalized spacial score (nSPS) is 11.1. The second-order valence-electron chi connectivity index (χ2n) is 7.67. The fraction of sp³-hybridized carbons (Fsp3) is 0.0690. The minimum absolute atomic E-state index is 0.00621. The lowest BCUT2D eigenvalue weighted by molar-refractivity contribution is -0.134. The minimum atomic E-state index is -3.25. The van der Waals surface area contributed by atoms with E-state index in [4.69, 9.17) is 4.74 Å². The van der Waals surface area contributed by atoms with E-state index in [0.29, 0.717) is 15.9 Å². The number of rotatable bonds is 7. The van der Waals surface area contributed by atoms with Gasteiger partial charge in [-0.1, -0.05) is 97.1 Å². The Balaban J connectivity index is 2.29. The van der Waals surface area contributed by atoms with Gasteiger partial charge < -0.3 is 4.74 Å². The van der Waals surface area contributed by atoms with E-state index in [1.807, 2.05) is 91.0 Å². The van der Waals surface area contributed by atoms with Crippen molar-refractivity contribution in [2.24, 2.45) is 0 Å². The van der Waals surface area contributed by atoms with Gasteiger partial charge in [-0.25, -0.2) is 13.6 Å². The molecule has 0 spiro atoms. The first kappa shape index (κ1) is 24.3. The van der Waals surface area contributed by atoms with E-state index in [-0.39, 0.29) is 11.9 Å². The van der Waals surface area contributed by atoms with Crippen LogP contribution in [0.5, 0.6) is 0 Å². The Labute approximate surface area is 203 Å². The van der Waals surface area contributed by atoms with Crippen LogP contribution in [0, 0.1) is 11.6 Å². The molecule has 0 bridgehead atoms. The number of hydrogen-bond donors (Lipinski definition) is 0. The molecule has 0 aliphatic heterocycles. The Morgan fingerprint density at radius 1 is 0.657 bits per heavy atom. The molecule has 3 nitrogen and oxygen atoms in total. The fourth-order valence-electron chi connectivity index (χ4n) is 4.20. The molecular formula is C29H23F2O3P. The van der Waals surface area contributed by atoms with Crippen LogP contribution in [0.15, 0.2) is 109 Å². The summed E-state index contributed by atoms with van der Waals surface area (Å²) < 4.78 is 35.2. The summed E-state index contributed by atoms with van der Waals surface area (Å²) in [6.45, 7) is -1.64. The van der Waals surface area contributed by atoms with Gasteiger partial charge in [0, 0.05) is 0 Å². The van der Waals surface area contributed by atoms with E-state index in [2.05, 4.69) is 0 Å². The van der Waals surface area contributed by atoms with Crippen molar-refractivity contribution in [2.45, 2.75) is 6.92 Å². The molecule has 0 saturated carbocycles. The van der Waals surface area contributed by atoms with Crippen molar-refractivity contribution in [3.8, 4) is 0 Å². The second-order valence-corrected chi connectivity index (χ2v) is 11.0. The standard InChI is InChI=1S/C29H23F2O3P/c1-2-34-29(33)28(27(32)26-24(30)19-12-20-25(26)31)35(21-13-6-3-7-14-21,22-15-8-4-9-16-22)23-17-10-5-11-18-23/h3-20H,2H2,1H3. The monoisotopic (exact) mass is 488 g/mol. The van der Waals surface area contributed by atoms with Crippen LogP contribution in [-0.2, 0) is 9.53 Å². The first-order valence-corrected chi connectivity index (χ1v) is 12.9. The van der Waals surface area contributed by atoms with Crippen molar-refractivity contribution in [3.05, 3.63) is 126 Å². The third kappa shape index (κ3) is 4.48. The molecule has 0 aromatic heterocycles. The smallest absolute Gasteiger partial charge is 0.343 e. The third-order valence-corrected chi connectivity index (χ3v) is 9.91. The molecule has 0 aliphatic carbocycles. The van der Waals surface area contributed by atoms with Crippen LogP contribution in [-0.4, -0.2) is 23.7 Å². The van der Waals surface area contributed by atoms with E-state index < -0.39 is 35.8 Å². The number of carbonyl (C=O) groups is 2. The lowest BCUT2D eigenvalue weighted by Crippen LogP contribution is -2.39.